The predicted octanol–water partition coefficient (Wildman–Crippen LogP) is 1.32. The number of nitrogens with one attached hydrogen (secondary N) is 1. The maximum absolute atomic E-state index is 5.00. The SMILES string of the molecule is CNC/C=C/c1cccc(OC)n1. The Morgan fingerprint density at radius 2 is 2.38 bits per heavy atom. The molecule has 70 valence electrons. The molecule has 0 atom stereocenters. The second-order valence-corrected chi connectivity index (χ2v) is 2.56. The molecule has 0 unspecified atom stereocenters. The average Bonchev–Trinajstić information content (AvgIpc) is 2.19. The van der Waals surface area contributed by atoms with Crippen molar-refractivity contribution in [2.45, 2.75) is 0 Å². The van der Waals surface area contributed by atoms with Gasteiger partial charge in [0.2, 0.25) is 5.88 Å². The van der Waals surface area contributed by atoms with Gasteiger partial charge >= 0.3 is 0 Å². The monoisotopic (exact) mass is 178 g/mol. The topological polar surface area (TPSA) is 34.1 Å². The van der Waals surface area contributed by atoms with Crippen molar-refractivity contribution < 1.29 is 4.74 Å². The second kappa shape index (κ2) is 5.32. The first-order valence-corrected chi connectivity index (χ1v) is 4.19. The molecule has 3 heteroatoms. The van der Waals surface area contributed by atoms with E-state index in [1.165, 1.54) is 0 Å². The summed E-state index contributed by atoms with van der Waals surface area (Å²) in [5.41, 5.74) is 0.912. The molecule has 0 fully saturated rings. The van der Waals surface area contributed by atoms with Gasteiger partial charge in [0, 0.05) is 12.6 Å². The molecule has 0 radical (unpaired) electrons. The van der Waals surface area contributed by atoms with Crippen LogP contribution in [0, 0.1) is 0 Å². The molecule has 0 spiro atoms. The molecule has 0 aromatic carbocycles. The van der Waals surface area contributed by atoms with Crippen molar-refractivity contribution in [1.29, 1.82) is 0 Å². The Morgan fingerprint density at radius 1 is 1.54 bits per heavy atom. The van der Waals surface area contributed by atoms with Crippen LogP contribution in [0.25, 0.3) is 6.08 Å². The maximum atomic E-state index is 5.00. The minimum absolute atomic E-state index is 0.645. The Bertz CT molecular complexity index is 284. The molecule has 3 nitrogen and oxygen atoms in total. The first-order valence-electron chi connectivity index (χ1n) is 4.19. The van der Waals surface area contributed by atoms with E-state index in [2.05, 4.69) is 10.3 Å². The molecule has 1 heterocycles. The summed E-state index contributed by atoms with van der Waals surface area (Å²) >= 11 is 0. The van der Waals surface area contributed by atoms with Crippen LogP contribution in [0.2, 0.25) is 0 Å². The van der Waals surface area contributed by atoms with Gasteiger partial charge in [-0.15, -0.1) is 0 Å². The fraction of sp³-hybridized carbons (Fsp3) is 0.300. The number of methoxy groups -OCH3 is 1. The quantitative estimate of drug-likeness (QED) is 0.755. The number of ether oxygens (including phenoxy) is 1. The summed E-state index contributed by atoms with van der Waals surface area (Å²) in [6.07, 6.45) is 3.97. The lowest BCUT2D eigenvalue weighted by Crippen LogP contribution is -2.03. The van der Waals surface area contributed by atoms with E-state index in [0.717, 1.165) is 12.2 Å². The van der Waals surface area contributed by atoms with Crippen molar-refractivity contribution in [1.82, 2.24) is 10.3 Å². The van der Waals surface area contributed by atoms with Gasteiger partial charge < -0.3 is 10.1 Å². The average molecular weight is 178 g/mol. The first-order chi connectivity index (χ1) is 6.36. The van der Waals surface area contributed by atoms with Gasteiger partial charge in [-0.1, -0.05) is 12.1 Å². The highest BCUT2D eigenvalue weighted by atomic mass is 16.5. The van der Waals surface area contributed by atoms with E-state index in [0.29, 0.717) is 5.88 Å². The Morgan fingerprint density at radius 3 is 3.08 bits per heavy atom. The molecule has 0 saturated heterocycles. The maximum Gasteiger partial charge on any atom is 0.213 e. The fourth-order valence-electron chi connectivity index (χ4n) is 0.935. The minimum atomic E-state index is 0.645. The smallest absolute Gasteiger partial charge is 0.213 e. The molecule has 1 aromatic heterocycles. The summed E-state index contributed by atoms with van der Waals surface area (Å²) in [6.45, 7) is 0.846. The van der Waals surface area contributed by atoms with Gasteiger partial charge in [0.1, 0.15) is 0 Å². The zero-order valence-electron chi connectivity index (χ0n) is 7.95. The van der Waals surface area contributed by atoms with Crippen molar-refractivity contribution in [2.24, 2.45) is 0 Å². The third-order valence-corrected chi connectivity index (χ3v) is 1.56. The van der Waals surface area contributed by atoms with Crippen LogP contribution in [-0.4, -0.2) is 25.7 Å². The normalized spacial score (nSPS) is 10.6. The highest BCUT2D eigenvalue weighted by Crippen LogP contribution is 2.07. The van der Waals surface area contributed by atoms with Gasteiger partial charge in [-0.3, -0.25) is 0 Å². The third kappa shape index (κ3) is 3.25. The lowest BCUT2D eigenvalue weighted by atomic mass is 10.3. The summed E-state index contributed by atoms with van der Waals surface area (Å²) in [6, 6.07) is 5.69. The molecule has 1 rings (SSSR count). The van der Waals surface area contributed by atoms with Crippen LogP contribution in [0.1, 0.15) is 5.69 Å². The van der Waals surface area contributed by atoms with Crippen molar-refractivity contribution >= 4 is 6.08 Å². The summed E-state index contributed by atoms with van der Waals surface area (Å²) in [5.74, 6) is 0.645. The number of hydrogen-bond acceptors (Lipinski definition) is 3. The van der Waals surface area contributed by atoms with Crippen LogP contribution in [0.4, 0.5) is 0 Å². The van der Waals surface area contributed by atoms with Crippen LogP contribution < -0.4 is 10.1 Å². The lowest BCUT2D eigenvalue weighted by molar-refractivity contribution is 0.397. The second-order valence-electron chi connectivity index (χ2n) is 2.56. The van der Waals surface area contributed by atoms with Gasteiger partial charge in [-0.25, -0.2) is 4.98 Å². The molecular formula is C10H14N2O. The van der Waals surface area contributed by atoms with Gasteiger partial charge in [0.15, 0.2) is 0 Å². The van der Waals surface area contributed by atoms with Crippen LogP contribution in [0.3, 0.4) is 0 Å². The van der Waals surface area contributed by atoms with Crippen molar-refractivity contribution in [3.8, 4) is 5.88 Å². The Labute approximate surface area is 78.4 Å². The van der Waals surface area contributed by atoms with Crippen molar-refractivity contribution in [2.75, 3.05) is 20.7 Å². The molecule has 1 N–H and O–H groups in total. The van der Waals surface area contributed by atoms with E-state index in [4.69, 9.17) is 4.74 Å². The third-order valence-electron chi connectivity index (χ3n) is 1.56. The summed E-state index contributed by atoms with van der Waals surface area (Å²) in [4.78, 5) is 4.23. The molecule has 13 heavy (non-hydrogen) atoms. The van der Waals surface area contributed by atoms with E-state index in [9.17, 15) is 0 Å². The van der Waals surface area contributed by atoms with E-state index in [-0.39, 0.29) is 0 Å². The zero-order chi connectivity index (χ0) is 9.52. The molecular weight excluding hydrogens is 164 g/mol. The standard InChI is InChI=1S/C10H14N2O/c1-11-8-4-6-9-5-3-7-10(12-9)13-2/h3-7,11H,8H2,1-2H3/b6-4+. The van der Waals surface area contributed by atoms with E-state index in [1.807, 2.05) is 37.4 Å². The van der Waals surface area contributed by atoms with Crippen LogP contribution in [0.15, 0.2) is 24.3 Å². The molecule has 0 aliphatic carbocycles. The number of hydrogen-bond donors (Lipinski definition) is 1. The summed E-state index contributed by atoms with van der Waals surface area (Å²) in [5, 5.41) is 3.02. The Hall–Kier alpha value is -1.35. The van der Waals surface area contributed by atoms with Crippen LogP contribution in [-0.2, 0) is 0 Å². The van der Waals surface area contributed by atoms with Crippen molar-refractivity contribution in [3.05, 3.63) is 30.0 Å². The molecule has 0 amide bonds. The largest absolute Gasteiger partial charge is 0.481 e. The Kier molecular flexibility index (Phi) is 3.99. The van der Waals surface area contributed by atoms with Gasteiger partial charge in [0.05, 0.1) is 12.8 Å². The van der Waals surface area contributed by atoms with E-state index >= 15 is 0 Å². The van der Waals surface area contributed by atoms with Gasteiger partial charge in [-0.05, 0) is 19.2 Å². The fourth-order valence-corrected chi connectivity index (χ4v) is 0.935. The van der Waals surface area contributed by atoms with E-state index in [1.54, 1.807) is 7.11 Å². The molecule has 0 saturated carbocycles. The van der Waals surface area contributed by atoms with Gasteiger partial charge in [0.25, 0.3) is 0 Å². The number of rotatable bonds is 4. The van der Waals surface area contributed by atoms with Crippen molar-refractivity contribution in [3.63, 3.8) is 0 Å². The minimum Gasteiger partial charge on any atom is -0.481 e. The predicted molar refractivity (Wildman–Crippen MR) is 53.7 cm³/mol. The number of likely N-dealkylation sites (N-methyl/N-ethyl adjacent to an activating group) is 1. The molecule has 0 aliphatic rings. The highest BCUT2D eigenvalue weighted by Gasteiger charge is 1.91. The molecule has 0 bridgehead atoms. The van der Waals surface area contributed by atoms with Gasteiger partial charge in [-0.2, -0.15) is 0 Å². The van der Waals surface area contributed by atoms with Crippen LogP contribution >= 0.6 is 0 Å². The summed E-state index contributed by atoms with van der Waals surface area (Å²) in [7, 11) is 3.52. The lowest BCUT2D eigenvalue weighted by Gasteiger charge is -1.98. The first kappa shape index (κ1) is 9.74. The zero-order valence-corrected chi connectivity index (χ0v) is 7.95. The number of pyridine rings is 1. The Balaban J connectivity index is 2.66. The number of aromatic nitrogens is 1. The van der Waals surface area contributed by atoms with Crippen LogP contribution in [0.5, 0.6) is 5.88 Å². The van der Waals surface area contributed by atoms with E-state index < -0.39 is 0 Å². The molecule has 0 aliphatic heterocycles. The summed E-state index contributed by atoms with van der Waals surface area (Å²) < 4.78 is 5.00. The molecule has 1 aromatic rings. The number of nitrogens with zero attached hydrogens (tertiary/aromatic N) is 1. The highest BCUT2D eigenvalue weighted by molar-refractivity contribution is 5.45.